The number of nitrogens with one attached hydrogen (secondary N) is 2. The Bertz CT molecular complexity index is 567. The van der Waals surface area contributed by atoms with Gasteiger partial charge in [-0.1, -0.05) is 6.07 Å². The van der Waals surface area contributed by atoms with E-state index in [4.69, 9.17) is 4.74 Å². The van der Waals surface area contributed by atoms with Crippen molar-refractivity contribution >= 4 is 17.4 Å². The number of ether oxygens (including phenoxy) is 1. The lowest BCUT2D eigenvalue weighted by Gasteiger charge is -2.07. The zero-order chi connectivity index (χ0) is 13.7. The van der Waals surface area contributed by atoms with Crippen LogP contribution in [0.15, 0.2) is 42.6 Å². The molecule has 0 unspecified atom stereocenters. The van der Waals surface area contributed by atoms with Gasteiger partial charge in [-0.15, -0.1) is 0 Å². The summed E-state index contributed by atoms with van der Waals surface area (Å²) in [5.74, 6) is 1.21. The number of carbonyl (C=O) groups excluding carboxylic acids is 1. The van der Waals surface area contributed by atoms with Gasteiger partial charge in [0.05, 0.1) is 12.7 Å². The number of methoxy groups -OCH3 is 1. The SMILES string of the molecule is CNc1ccc(C(=O)Nc2cccc(OC)c2)cn1. The predicted molar refractivity (Wildman–Crippen MR) is 74.7 cm³/mol. The fourth-order valence-electron chi connectivity index (χ4n) is 1.58. The van der Waals surface area contributed by atoms with E-state index in [2.05, 4.69) is 15.6 Å². The Balaban J connectivity index is 2.11. The van der Waals surface area contributed by atoms with Crippen LogP contribution in [-0.2, 0) is 0 Å². The maximum Gasteiger partial charge on any atom is 0.257 e. The molecule has 5 heteroatoms. The first-order valence-electron chi connectivity index (χ1n) is 5.82. The van der Waals surface area contributed by atoms with Crippen molar-refractivity contribution in [1.29, 1.82) is 0 Å². The predicted octanol–water partition coefficient (Wildman–Crippen LogP) is 2.38. The summed E-state index contributed by atoms with van der Waals surface area (Å²) in [6, 6.07) is 10.7. The number of amides is 1. The summed E-state index contributed by atoms with van der Waals surface area (Å²) in [6.45, 7) is 0. The summed E-state index contributed by atoms with van der Waals surface area (Å²) < 4.78 is 5.10. The summed E-state index contributed by atoms with van der Waals surface area (Å²) in [5, 5.41) is 5.69. The first kappa shape index (κ1) is 12.9. The maximum atomic E-state index is 12.0. The van der Waals surface area contributed by atoms with Crippen LogP contribution >= 0.6 is 0 Å². The third kappa shape index (κ3) is 3.22. The molecule has 1 aromatic carbocycles. The molecule has 0 aliphatic rings. The fourth-order valence-corrected chi connectivity index (χ4v) is 1.58. The summed E-state index contributed by atoms with van der Waals surface area (Å²) in [5.41, 5.74) is 1.18. The normalized spacial score (nSPS) is 9.79. The van der Waals surface area contributed by atoms with Gasteiger partial charge in [-0.05, 0) is 24.3 Å². The topological polar surface area (TPSA) is 63.2 Å². The van der Waals surface area contributed by atoms with Crippen molar-refractivity contribution in [1.82, 2.24) is 4.98 Å². The highest BCUT2D eigenvalue weighted by atomic mass is 16.5. The van der Waals surface area contributed by atoms with Crippen molar-refractivity contribution < 1.29 is 9.53 Å². The zero-order valence-corrected chi connectivity index (χ0v) is 10.8. The van der Waals surface area contributed by atoms with Crippen LogP contribution in [0.5, 0.6) is 5.75 Å². The number of carbonyl (C=O) groups is 1. The molecule has 1 heterocycles. The molecule has 2 aromatic rings. The van der Waals surface area contributed by atoms with E-state index in [1.165, 1.54) is 6.20 Å². The van der Waals surface area contributed by atoms with Gasteiger partial charge in [0.15, 0.2) is 0 Å². The Morgan fingerprint density at radius 1 is 1.26 bits per heavy atom. The van der Waals surface area contributed by atoms with E-state index in [1.807, 2.05) is 12.1 Å². The lowest BCUT2D eigenvalue weighted by Crippen LogP contribution is -2.12. The van der Waals surface area contributed by atoms with Crippen LogP contribution in [0.2, 0.25) is 0 Å². The number of nitrogens with zero attached hydrogens (tertiary/aromatic N) is 1. The molecule has 19 heavy (non-hydrogen) atoms. The first-order valence-corrected chi connectivity index (χ1v) is 5.82. The Labute approximate surface area is 111 Å². The summed E-state index contributed by atoms with van der Waals surface area (Å²) in [6.07, 6.45) is 1.53. The van der Waals surface area contributed by atoms with E-state index in [1.54, 1.807) is 38.4 Å². The lowest BCUT2D eigenvalue weighted by molar-refractivity contribution is 0.102. The molecule has 0 aliphatic carbocycles. The number of hydrogen-bond acceptors (Lipinski definition) is 4. The Hall–Kier alpha value is -2.56. The second-order valence-corrected chi connectivity index (χ2v) is 3.87. The minimum Gasteiger partial charge on any atom is -0.497 e. The average molecular weight is 257 g/mol. The molecular formula is C14H15N3O2. The van der Waals surface area contributed by atoms with Gasteiger partial charge in [-0.3, -0.25) is 4.79 Å². The van der Waals surface area contributed by atoms with Crippen LogP contribution in [0, 0.1) is 0 Å². The van der Waals surface area contributed by atoms with Crippen LogP contribution in [0.25, 0.3) is 0 Å². The molecule has 2 N–H and O–H groups in total. The van der Waals surface area contributed by atoms with Crippen LogP contribution in [0.1, 0.15) is 10.4 Å². The smallest absolute Gasteiger partial charge is 0.257 e. The lowest BCUT2D eigenvalue weighted by atomic mass is 10.2. The van der Waals surface area contributed by atoms with E-state index in [0.29, 0.717) is 17.0 Å². The molecule has 0 radical (unpaired) electrons. The standard InChI is InChI=1S/C14H15N3O2/c1-15-13-7-6-10(9-16-13)14(18)17-11-4-3-5-12(8-11)19-2/h3-9H,1-2H3,(H,15,16)(H,17,18). The highest BCUT2D eigenvalue weighted by Gasteiger charge is 2.07. The van der Waals surface area contributed by atoms with Gasteiger partial charge >= 0.3 is 0 Å². The van der Waals surface area contributed by atoms with Crippen molar-refractivity contribution in [2.24, 2.45) is 0 Å². The molecule has 98 valence electrons. The largest absolute Gasteiger partial charge is 0.497 e. The monoisotopic (exact) mass is 257 g/mol. The number of hydrogen-bond donors (Lipinski definition) is 2. The van der Waals surface area contributed by atoms with E-state index < -0.39 is 0 Å². The van der Waals surface area contributed by atoms with Crippen LogP contribution in [0.4, 0.5) is 11.5 Å². The van der Waals surface area contributed by atoms with Crippen molar-refractivity contribution in [3.05, 3.63) is 48.2 Å². The maximum absolute atomic E-state index is 12.0. The molecule has 5 nitrogen and oxygen atoms in total. The van der Waals surface area contributed by atoms with E-state index in [9.17, 15) is 4.79 Å². The van der Waals surface area contributed by atoms with Crippen LogP contribution < -0.4 is 15.4 Å². The third-order valence-electron chi connectivity index (χ3n) is 2.61. The van der Waals surface area contributed by atoms with Gasteiger partial charge in [0.2, 0.25) is 0 Å². The molecule has 1 amide bonds. The van der Waals surface area contributed by atoms with Gasteiger partial charge in [-0.25, -0.2) is 4.98 Å². The van der Waals surface area contributed by atoms with Gasteiger partial charge in [-0.2, -0.15) is 0 Å². The number of benzene rings is 1. The number of pyridine rings is 1. The van der Waals surface area contributed by atoms with E-state index in [0.717, 1.165) is 5.82 Å². The van der Waals surface area contributed by atoms with Crippen LogP contribution in [0.3, 0.4) is 0 Å². The minimum atomic E-state index is -0.205. The van der Waals surface area contributed by atoms with Gasteiger partial charge in [0, 0.05) is 25.0 Å². The molecule has 0 aliphatic heterocycles. The van der Waals surface area contributed by atoms with Gasteiger partial charge in [0.25, 0.3) is 5.91 Å². The summed E-state index contributed by atoms with van der Waals surface area (Å²) >= 11 is 0. The number of aromatic nitrogens is 1. The molecule has 0 saturated carbocycles. The second kappa shape index (κ2) is 5.86. The Morgan fingerprint density at radius 3 is 2.74 bits per heavy atom. The average Bonchev–Trinajstić information content (AvgIpc) is 2.47. The fraction of sp³-hybridized carbons (Fsp3) is 0.143. The van der Waals surface area contributed by atoms with Crippen molar-refractivity contribution in [3.8, 4) is 5.75 Å². The van der Waals surface area contributed by atoms with Crippen molar-refractivity contribution in [2.75, 3.05) is 24.8 Å². The molecular weight excluding hydrogens is 242 g/mol. The molecule has 0 bridgehead atoms. The molecule has 0 fully saturated rings. The summed E-state index contributed by atoms with van der Waals surface area (Å²) in [4.78, 5) is 16.1. The second-order valence-electron chi connectivity index (χ2n) is 3.87. The molecule has 0 spiro atoms. The Morgan fingerprint density at radius 2 is 2.11 bits per heavy atom. The van der Waals surface area contributed by atoms with E-state index >= 15 is 0 Å². The molecule has 0 atom stereocenters. The molecule has 2 rings (SSSR count). The van der Waals surface area contributed by atoms with Crippen LogP contribution in [-0.4, -0.2) is 25.0 Å². The highest BCUT2D eigenvalue weighted by molar-refractivity contribution is 6.04. The summed E-state index contributed by atoms with van der Waals surface area (Å²) in [7, 11) is 3.36. The van der Waals surface area contributed by atoms with Gasteiger partial charge < -0.3 is 15.4 Å². The van der Waals surface area contributed by atoms with Crippen molar-refractivity contribution in [3.63, 3.8) is 0 Å². The third-order valence-corrected chi connectivity index (χ3v) is 2.61. The molecule has 1 aromatic heterocycles. The Kier molecular flexibility index (Phi) is 3.97. The highest BCUT2D eigenvalue weighted by Crippen LogP contribution is 2.17. The minimum absolute atomic E-state index is 0.205. The zero-order valence-electron chi connectivity index (χ0n) is 10.8. The van der Waals surface area contributed by atoms with E-state index in [-0.39, 0.29) is 5.91 Å². The first-order chi connectivity index (χ1) is 9.22. The quantitative estimate of drug-likeness (QED) is 0.882. The number of rotatable bonds is 4. The number of anilines is 2. The van der Waals surface area contributed by atoms with Gasteiger partial charge in [0.1, 0.15) is 11.6 Å². The van der Waals surface area contributed by atoms with Crippen molar-refractivity contribution in [2.45, 2.75) is 0 Å². The molecule has 0 saturated heterocycles.